The molecule has 1 aliphatic carbocycles. The zero-order chi connectivity index (χ0) is 17.7. The smallest absolute Gasteiger partial charge is 0.276 e. The monoisotopic (exact) mass is 383 g/mol. The van der Waals surface area contributed by atoms with E-state index in [2.05, 4.69) is 5.32 Å². The van der Waals surface area contributed by atoms with Gasteiger partial charge in [0.1, 0.15) is 11.0 Å². The predicted octanol–water partition coefficient (Wildman–Crippen LogP) is 3.91. The summed E-state index contributed by atoms with van der Waals surface area (Å²) in [7, 11) is 0. The van der Waals surface area contributed by atoms with Gasteiger partial charge in [0, 0.05) is 24.6 Å². The Kier molecular flexibility index (Phi) is 4.12. The van der Waals surface area contributed by atoms with E-state index in [1.807, 2.05) is 0 Å². The first-order valence-electron chi connectivity index (χ1n) is 8.26. The second-order valence-electron chi connectivity index (χ2n) is 6.50. The molecule has 0 radical (unpaired) electrons. The number of amides is 1. The van der Waals surface area contributed by atoms with E-state index in [0.29, 0.717) is 18.8 Å². The van der Waals surface area contributed by atoms with Crippen LogP contribution in [0.25, 0.3) is 11.1 Å². The lowest BCUT2D eigenvalue weighted by Crippen LogP contribution is -2.27. The normalized spacial score (nSPS) is 16.6. The van der Waals surface area contributed by atoms with Gasteiger partial charge in [-0.25, -0.2) is 9.07 Å². The molecule has 1 aromatic carbocycles. The van der Waals surface area contributed by atoms with Gasteiger partial charge in [-0.3, -0.25) is 14.3 Å². The van der Waals surface area contributed by atoms with Crippen molar-refractivity contribution >= 4 is 34.8 Å². The number of carbonyl (C=O) groups is 1. The highest BCUT2D eigenvalue weighted by atomic mass is 35.5. The maximum atomic E-state index is 14.5. The lowest BCUT2D eigenvalue weighted by Gasteiger charge is -2.17. The summed E-state index contributed by atoms with van der Waals surface area (Å²) in [5.41, 5.74) is 0.129. The van der Waals surface area contributed by atoms with Gasteiger partial charge in [-0.1, -0.05) is 23.2 Å². The van der Waals surface area contributed by atoms with E-state index in [-0.39, 0.29) is 38.7 Å². The maximum absolute atomic E-state index is 14.5. The largest absolute Gasteiger partial charge is 0.325 e. The van der Waals surface area contributed by atoms with Crippen LogP contribution in [0.3, 0.4) is 0 Å². The molecule has 2 heterocycles. The van der Waals surface area contributed by atoms with Crippen LogP contribution in [-0.4, -0.2) is 15.3 Å². The molecule has 1 amide bonds. The number of benzene rings is 1. The molecule has 0 bridgehead atoms. The first kappa shape index (κ1) is 16.7. The van der Waals surface area contributed by atoms with E-state index in [0.717, 1.165) is 31.7 Å². The van der Waals surface area contributed by atoms with Crippen molar-refractivity contribution in [1.29, 1.82) is 0 Å². The van der Waals surface area contributed by atoms with E-state index in [4.69, 9.17) is 23.2 Å². The standard InChI is InChI=1S/C17H16Cl2FN3O2/c18-11-8-12(20)10(7-13(11)21-16(24)9-3-4-9)14-15(19)22-5-1-2-6-23(22)17(14)25/h7-9H,1-6H2,(H,21,24). The number of hydrogen-bond acceptors (Lipinski definition) is 2. The molecule has 25 heavy (non-hydrogen) atoms. The highest BCUT2D eigenvalue weighted by Crippen LogP contribution is 2.36. The molecule has 2 aromatic rings. The fraction of sp³-hybridized carbons (Fsp3) is 0.412. The van der Waals surface area contributed by atoms with Gasteiger partial charge >= 0.3 is 0 Å². The van der Waals surface area contributed by atoms with Crippen LogP contribution in [0, 0.1) is 11.7 Å². The van der Waals surface area contributed by atoms with Gasteiger partial charge in [-0.15, -0.1) is 0 Å². The summed E-state index contributed by atoms with van der Waals surface area (Å²) in [6.07, 6.45) is 3.48. The molecule has 1 aliphatic heterocycles. The fourth-order valence-electron chi connectivity index (χ4n) is 3.17. The van der Waals surface area contributed by atoms with Crippen molar-refractivity contribution in [3.63, 3.8) is 0 Å². The van der Waals surface area contributed by atoms with Gasteiger partial charge in [0.2, 0.25) is 5.91 Å². The molecular formula is C17H16Cl2FN3O2. The van der Waals surface area contributed by atoms with Crippen molar-refractivity contribution in [3.05, 3.63) is 38.5 Å². The SMILES string of the molecule is O=C(Nc1cc(-c2c(Cl)n3n(c2=O)CCCC3)c(F)cc1Cl)C1CC1. The number of carbonyl (C=O) groups excluding carboxylic acids is 1. The number of halogens is 3. The number of nitrogens with one attached hydrogen (secondary N) is 1. The Labute approximate surface area is 153 Å². The summed E-state index contributed by atoms with van der Waals surface area (Å²) in [4.78, 5) is 24.7. The molecule has 2 aliphatic rings. The molecule has 1 fully saturated rings. The summed E-state index contributed by atoms with van der Waals surface area (Å²) < 4.78 is 17.8. The number of fused-ring (bicyclic) bond motifs is 1. The second kappa shape index (κ2) is 6.18. The van der Waals surface area contributed by atoms with Crippen LogP contribution >= 0.6 is 23.2 Å². The van der Waals surface area contributed by atoms with Crippen LogP contribution in [0.4, 0.5) is 10.1 Å². The van der Waals surface area contributed by atoms with E-state index >= 15 is 0 Å². The summed E-state index contributed by atoms with van der Waals surface area (Å²) in [6, 6.07) is 2.50. The van der Waals surface area contributed by atoms with Crippen molar-refractivity contribution in [2.24, 2.45) is 5.92 Å². The zero-order valence-corrected chi connectivity index (χ0v) is 14.8. The third-order valence-electron chi connectivity index (χ3n) is 4.69. The number of hydrogen-bond donors (Lipinski definition) is 1. The van der Waals surface area contributed by atoms with Gasteiger partial charge in [0.15, 0.2) is 0 Å². The van der Waals surface area contributed by atoms with Crippen molar-refractivity contribution in [1.82, 2.24) is 9.36 Å². The summed E-state index contributed by atoms with van der Waals surface area (Å²) in [5.74, 6) is -0.795. The minimum Gasteiger partial charge on any atom is -0.325 e. The summed E-state index contributed by atoms with van der Waals surface area (Å²) in [5, 5.41) is 3.02. The molecule has 4 rings (SSSR count). The summed E-state index contributed by atoms with van der Waals surface area (Å²) in [6.45, 7) is 1.17. The van der Waals surface area contributed by atoms with Crippen molar-refractivity contribution in [2.75, 3.05) is 5.32 Å². The third-order valence-corrected chi connectivity index (χ3v) is 5.39. The molecule has 1 N–H and O–H groups in total. The zero-order valence-electron chi connectivity index (χ0n) is 13.3. The molecule has 0 saturated heterocycles. The Morgan fingerprint density at radius 3 is 2.48 bits per heavy atom. The van der Waals surface area contributed by atoms with Crippen LogP contribution in [0.2, 0.25) is 10.2 Å². The van der Waals surface area contributed by atoms with Crippen LogP contribution in [0.1, 0.15) is 25.7 Å². The minimum absolute atomic E-state index is 0.0134. The molecule has 8 heteroatoms. The molecule has 132 valence electrons. The Balaban J connectivity index is 1.81. The van der Waals surface area contributed by atoms with Crippen molar-refractivity contribution < 1.29 is 9.18 Å². The van der Waals surface area contributed by atoms with E-state index in [1.54, 1.807) is 4.68 Å². The van der Waals surface area contributed by atoms with E-state index < -0.39 is 5.82 Å². The number of anilines is 1. The number of aromatic nitrogens is 2. The van der Waals surface area contributed by atoms with E-state index in [9.17, 15) is 14.0 Å². The van der Waals surface area contributed by atoms with Gasteiger partial charge < -0.3 is 5.32 Å². The average molecular weight is 384 g/mol. The fourth-order valence-corrected chi connectivity index (χ4v) is 3.73. The average Bonchev–Trinajstić information content (AvgIpc) is 3.40. The Bertz CT molecular complexity index is 931. The molecule has 1 aromatic heterocycles. The first-order chi connectivity index (χ1) is 12.0. The predicted molar refractivity (Wildman–Crippen MR) is 94.7 cm³/mol. The van der Waals surface area contributed by atoms with E-state index in [1.165, 1.54) is 10.7 Å². The summed E-state index contributed by atoms with van der Waals surface area (Å²) >= 11 is 12.4. The van der Waals surface area contributed by atoms with Crippen molar-refractivity contribution in [2.45, 2.75) is 38.8 Å². The maximum Gasteiger partial charge on any atom is 0.276 e. The Morgan fingerprint density at radius 1 is 1.16 bits per heavy atom. The Morgan fingerprint density at radius 2 is 1.84 bits per heavy atom. The number of nitrogens with zero attached hydrogens (tertiary/aromatic N) is 2. The van der Waals surface area contributed by atoms with Crippen LogP contribution in [-0.2, 0) is 17.9 Å². The minimum atomic E-state index is -0.642. The third kappa shape index (κ3) is 2.87. The molecular weight excluding hydrogens is 368 g/mol. The topological polar surface area (TPSA) is 56.0 Å². The lowest BCUT2D eigenvalue weighted by molar-refractivity contribution is -0.117. The molecule has 0 spiro atoms. The van der Waals surface area contributed by atoms with Gasteiger partial charge in [0.25, 0.3) is 5.56 Å². The van der Waals surface area contributed by atoms with Crippen molar-refractivity contribution in [3.8, 4) is 11.1 Å². The van der Waals surface area contributed by atoms with Gasteiger partial charge in [-0.2, -0.15) is 0 Å². The van der Waals surface area contributed by atoms with Crippen LogP contribution < -0.4 is 10.9 Å². The van der Waals surface area contributed by atoms with Crippen LogP contribution in [0.15, 0.2) is 16.9 Å². The van der Waals surface area contributed by atoms with Crippen LogP contribution in [0.5, 0.6) is 0 Å². The van der Waals surface area contributed by atoms with Gasteiger partial charge in [0.05, 0.1) is 16.3 Å². The molecule has 0 unspecified atom stereocenters. The van der Waals surface area contributed by atoms with Gasteiger partial charge in [-0.05, 0) is 37.8 Å². The number of rotatable bonds is 3. The first-order valence-corrected chi connectivity index (χ1v) is 9.02. The molecule has 5 nitrogen and oxygen atoms in total. The lowest BCUT2D eigenvalue weighted by atomic mass is 10.1. The molecule has 1 saturated carbocycles. The highest BCUT2D eigenvalue weighted by molar-refractivity contribution is 6.34. The Hall–Kier alpha value is -1.79. The highest BCUT2D eigenvalue weighted by Gasteiger charge is 2.30. The molecule has 0 atom stereocenters. The quantitative estimate of drug-likeness (QED) is 0.873. The second-order valence-corrected chi connectivity index (χ2v) is 7.26.